The van der Waals surface area contributed by atoms with E-state index >= 15 is 0 Å². The molecule has 1 saturated carbocycles. The van der Waals surface area contributed by atoms with Crippen molar-refractivity contribution in [1.29, 1.82) is 0 Å². The number of amides is 1. The van der Waals surface area contributed by atoms with E-state index in [0.717, 1.165) is 24.1 Å². The first kappa shape index (κ1) is 17.1. The van der Waals surface area contributed by atoms with Crippen molar-refractivity contribution in [3.8, 4) is 0 Å². The topological polar surface area (TPSA) is 61.0 Å². The van der Waals surface area contributed by atoms with E-state index in [4.69, 9.17) is 12.2 Å². The van der Waals surface area contributed by atoms with Crippen molar-refractivity contribution in [3.63, 3.8) is 0 Å². The van der Waals surface area contributed by atoms with E-state index in [2.05, 4.69) is 21.6 Å². The van der Waals surface area contributed by atoms with Crippen LogP contribution in [0.15, 0.2) is 24.3 Å². The van der Waals surface area contributed by atoms with Crippen LogP contribution >= 0.6 is 23.6 Å². The van der Waals surface area contributed by atoms with Gasteiger partial charge in [0.1, 0.15) is 6.54 Å². The Kier molecular flexibility index (Phi) is 5.63. The highest BCUT2D eigenvalue weighted by Crippen LogP contribution is 2.27. The molecule has 1 aromatic heterocycles. The minimum absolute atomic E-state index is 0.0320. The Morgan fingerprint density at radius 3 is 2.88 bits per heavy atom. The fourth-order valence-corrected chi connectivity index (χ4v) is 3.96. The van der Waals surface area contributed by atoms with Crippen LogP contribution in [-0.2, 0) is 4.79 Å². The van der Waals surface area contributed by atoms with Crippen molar-refractivity contribution in [1.82, 2.24) is 15.5 Å². The molecule has 3 rings (SSSR count). The van der Waals surface area contributed by atoms with Crippen LogP contribution in [0, 0.1) is 10.9 Å². The van der Waals surface area contributed by atoms with Gasteiger partial charge in [-0.25, -0.2) is 0 Å². The van der Waals surface area contributed by atoms with Gasteiger partial charge >= 0.3 is 0 Å². The molecule has 0 radical (unpaired) electrons. The van der Waals surface area contributed by atoms with Gasteiger partial charge in [-0.15, -0.1) is 5.10 Å². The molecule has 0 aliphatic heterocycles. The second-order valence-corrected chi connectivity index (χ2v) is 7.87. The zero-order valence-corrected chi connectivity index (χ0v) is 15.4. The van der Waals surface area contributed by atoms with Crippen LogP contribution in [0.2, 0.25) is 0 Å². The molecule has 2 N–H and O–H groups in total. The summed E-state index contributed by atoms with van der Waals surface area (Å²) in [7, 11) is 0. The van der Waals surface area contributed by atoms with E-state index in [1.54, 1.807) is 0 Å². The standard InChI is InChI=1S/C17H22N4OS2/c1-12-6-5-9-14(10-12)21(16-19-20-17(23)24-16)11-15(22)18-13-7-3-2-4-8-13/h5-6,9-10,13H,2-4,7-8,11H2,1H3,(H,18,22)(H,20,23). The van der Waals surface area contributed by atoms with Gasteiger partial charge in [-0.05, 0) is 49.7 Å². The number of rotatable bonds is 5. The van der Waals surface area contributed by atoms with Gasteiger partial charge in [-0.2, -0.15) is 0 Å². The van der Waals surface area contributed by atoms with Gasteiger partial charge in [-0.3, -0.25) is 9.89 Å². The number of hydrogen-bond donors (Lipinski definition) is 2. The molecule has 0 bridgehead atoms. The molecule has 1 fully saturated rings. The highest BCUT2D eigenvalue weighted by Gasteiger charge is 2.20. The molecule has 1 amide bonds. The van der Waals surface area contributed by atoms with Crippen LogP contribution in [0.4, 0.5) is 10.8 Å². The molecule has 0 atom stereocenters. The molecule has 2 aromatic rings. The Morgan fingerprint density at radius 2 is 2.21 bits per heavy atom. The molecule has 1 heterocycles. The van der Waals surface area contributed by atoms with Gasteiger partial charge in [0.25, 0.3) is 0 Å². The lowest BCUT2D eigenvalue weighted by molar-refractivity contribution is -0.120. The average molecular weight is 363 g/mol. The number of nitrogens with one attached hydrogen (secondary N) is 2. The lowest BCUT2D eigenvalue weighted by atomic mass is 9.95. The van der Waals surface area contributed by atoms with Crippen LogP contribution < -0.4 is 10.2 Å². The van der Waals surface area contributed by atoms with Gasteiger partial charge in [0.05, 0.1) is 0 Å². The number of carbonyl (C=O) groups is 1. The maximum Gasteiger partial charge on any atom is 0.240 e. The molecule has 5 nitrogen and oxygen atoms in total. The van der Waals surface area contributed by atoms with Gasteiger partial charge in [0, 0.05) is 11.7 Å². The first-order valence-electron chi connectivity index (χ1n) is 8.31. The van der Waals surface area contributed by atoms with E-state index in [-0.39, 0.29) is 12.5 Å². The number of hydrogen-bond acceptors (Lipinski definition) is 5. The molecule has 0 unspecified atom stereocenters. The zero-order valence-electron chi connectivity index (χ0n) is 13.7. The fourth-order valence-electron chi connectivity index (χ4n) is 3.07. The van der Waals surface area contributed by atoms with Gasteiger partial charge < -0.3 is 10.2 Å². The summed E-state index contributed by atoms with van der Waals surface area (Å²) in [6.07, 6.45) is 5.84. The van der Waals surface area contributed by atoms with E-state index < -0.39 is 0 Å². The molecule has 128 valence electrons. The predicted octanol–water partition coefficient (Wildman–Crippen LogP) is 4.10. The van der Waals surface area contributed by atoms with Gasteiger partial charge in [0.2, 0.25) is 11.0 Å². The molecule has 1 aliphatic carbocycles. The Bertz CT molecular complexity index is 749. The molecular formula is C17H22N4OS2. The molecule has 7 heteroatoms. The second kappa shape index (κ2) is 7.90. The second-order valence-electron chi connectivity index (χ2n) is 6.22. The number of aromatic amines is 1. The molecule has 24 heavy (non-hydrogen) atoms. The molecule has 0 spiro atoms. The first-order chi connectivity index (χ1) is 11.6. The van der Waals surface area contributed by atoms with Crippen molar-refractivity contribution in [2.24, 2.45) is 0 Å². The normalized spacial score (nSPS) is 15.2. The van der Waals surface area contributed by atoms with Crippen LogP contribution in [0.3, 0.4) is 0 Å². The summed E-state index contributed by atoms with van der Waals surface area (Å²) < 4.78 is 0.607. The number of carbonyl (C=O) groups excluding carboxylic acids is 1. The highest BCUT2D eigenvalue weighted by molar-refractivity contribution is 7.73. The van der Waals surface area contributed by atoms with Crippen molar-refractivity contribution in [2.45, 2.75) is 45.1 Å². The lowest BCUT2D eigenvalue weighted by Gasteiger charge is -2.26. The van der Waals surface area contributed by atoms with Crippen LogP contribution in [-0.4, -0.2) is 28.7 Å². The highest BCUT2D eigenvalue weighted by atomic mass is 32.1. The molecular weight excluding hydrogens is 340 g/mol. The quantitative estimate of drug-likeness (QED) is 0.786. The Hall–Kier alpha value is -1.73. The maximum absolute atomic E-state index is 12.5. The first-order valence-corrected chi connectivity index (χ1v) is 9.53. The average Bonchev–Trinajstić information content (AvgIpc) is 3.00. The third kappa shape index (κ3) is 4.42. The van der Waals surface area contributed by atoms with Crippen molar-refractivity contribution in [3.05, 3.63) is 33.8 Å². The number of H-pyrrole nitrogens is 1. The smallest absolute Gasteiger partial charge is 0.240 e. The van der Waals surface area contributed by atoms with E-state index in [1.807, 2.05) is 30.0 Å². The van der Waals surface area contributed by atoms with Crippen LogP contribution in [0.5, 0.6) is 0 Å². The van der Waals surface area contributed by atoms with E-state index in [1.165, 1.54) is 30.6 Å². The number of anilines is 2. The number of nitrogens with zero attached hydrogens (tertiary/aromatic N) is 2. The Labute approximate surface area is 151 Å². The van der Waals surface area contributed by atoms with Gasteiger partial charge in [-0.1, -0.05) is 42.7 Å². The minimum Gasteiger partial charge on any atom is -0.352 e. The van der Waals surface area contributed by atoms with Crippen molar-refractivity contribution in [2.75, 3.05) is 11.4 Å². The minimum atomic E-state index is 0.0320. The summed E-state index contributed by atoms with van der Waals surface area (Å²) in [5, 5.41) is 10.9. The SMILES string of the molecule is Cc1cccc(N(CC(=O)NC2CCCCC2)c2n[nH]c(=S)s2)c1. The summed E-state index contributed by atoms with van der Waals surface area (Å²) in [6, 6.07) is 8.38. The largest absolute Gasteiger partial charge is 0.352 e. The summed E-state index contributed by atoms with van der Waals surface area (Å²) >= 11 is 6.52. The number of aryl methyl sites for hydroxylation is 1. The summed E-state index contributed by atoms with van der Waals surface area (Å²) in [4.78, 5) is 14.5. The number of benzene rings is 1. The third-order valence-corrected chi connectivity index (χ3v) is 5.36. The third-order valence-electron chi connectivity index (χ3n) is 4.24. The van der Waals surface area contributed by atoms with Crippen LogP contribution in [0.25, 0.3) is 0 Å². The van der Waals surface area contributed by atoms with Crippen molar-refractivity contribution < 1.29 is 4.79 Å². The van der Waals surface area contributed by atoms with E-state index in [9.17, 15) is 4.79 Å². The maximum atomic E-state index is 12.5. The summed E-state index contributed by atoms with van der Waals surface area (Å²) in [5.74, 6) is 0.0320. The fraction of sp³-hybridized carbons (Fsp3) is 0.471. The van der Waals surface area contributed by atoms with Crippen molar-refractivity contribution >= 4 is 40.3 Å². The van der Waals surface area contributed by atoms with E-state index in [0.29, 0.717) is 15.1 Å². The summed E-state index contributed by atoms with van der Waals surface area (Å²) in [5.41, 5.74) is 2.09. The Balaban J connectivity index is 1.77. The van der Waals surface area contributed by atoms with Gasteiger partial charge in [0.15, 0.2) is 3.95 Å². The monoisotopic (exact) mass is 362 g/mol. The summed E-state index contributed by atoms with van der Waals surface area (Å²) in [6.45, 7) is 2.28. The van der Waals surface area contributed by atoms with Crippen LogP contribution in [0.1, 0.15) is 37.7 Å². The lowest BCUT2D eigenvalue weighted by Crippen LogP contribution is -2.41. The number of aromatic nitrogens is 2. The Morgan fingerprint density at radius 1 is 1.42 bits per heavy atom. The zero-order chi connectivity index (χ0) is 16.9. The predicted molar refractivity (Wildman–Crippen MR) is 100 cm³/mol. The molecule has 1 aromatic carbocycles. The molecule has 0 saturated heterocycles. The molecule has 1 aliphatic rings.